The number of rotatable bonds is 6. The van der Waals surface area contributed by atoms with Crippen molar-refractivity contribution >= 4 is 11.8 Å². The molecule has 2 rings (SSSR count). The van der Waals surface area contributed by atoms with E-state index in [9.17, 15) is 18.0 Å². The predicted octanol–water partition coefficient (Wildman–Crippen LogP) is 4.60. The Hall–Kier alpha value is -3.23. The largest absolute Gasteiger partial charge is 0.451 e. The summed E-state index contributed by atoms with van der Waals surface area (Å²) in [7, 11) is 1.20. The zero-order chi connectivity index (χ0) is 20.7. The van der Waals surface area contributed by atoms with Crippen LogP contribution in [0.25, 0.3) is 0 Å². The Balaban J connectivity index is 2.09. The SMILES string of the molecule is COC(=O)NOc1cc(C(C)=NOCc2ccccc2C(F)(F)F)ccc1C. The van der Waals surface area contributed by atoms with Gasteiger partial charge in [-0.15, -0.1) is 0 Å². The van der Waals surface area contributed by atoms with E-state index in [0.29, 0.717) is 17.0 Å². The van der Waals surface area contributed by atoms with E-state index in [-0.39, 0.29) is 12.2 Å². The molecule has 9 heteroatoms. The van der Waals surface area contributed by atoms with Gasteiger partial charge in [-0.05, 0) is 31.5 Å². The first kappa shape index (κ1) is 21.1. The molecule has 1 N–H and O–H groups in total. The zero-order valence-electron chi connectivity index (χ0n) is 15.5. The molecule has 0 radical (unpaired) electrons. The van der Waals surface area contributed by atoms with E-state index >= 15 is 0 Å². The molecule has 0 aliphatic heterocycles. The lowest BCUT2D eigenvalue weighted by molar-refractivity contribution is -0.138. The van der Waals surface area contributed by atoms with Crippen LogP contribution in [0.15, 0.2) is 47.6 Å². The number of nitrogens with one attached hydrogen (secondary N) is 1. The minimum Gasteiger partial charge on any atom is -0.451 e. The van der Waals surface area contributed by atoms with Crippen LogP contribution in [0.4, 0.5) is 18.0 Å². The van der Waals surface area contributed by atoms with Crippen molar-refractivity contribution in [2.24, 2.45) is 5.16 Å². The fourth-order valence-electron chi connectivity index (χ4n) is 2.25. The summed E-state index contributed by atoms with van der Waals surface area (Å²) in [6, 6.07) is 10.2. The van der Waals surface area contributed by atoms with Crippen LogP contribution in [0.3, 0.4) is 0 Å². The van der Waals surface area contributed by atoms with Gasteiger partial charge in [-0.3, -0.25) is 0 Å². The number of aryl methyl sites for hydroxylation is 1. The van der Waals surface area contributed by atoms with Gasteiger partial charge in [0.2, 0.25) is 0 Å². The predicted molar refractivity (Wildman–Crippen MR) is 95.8 cm³/mol. The number of carbonyl (C=O) groups is 1. The van der Waals surface area contributed by atoms with E-state index in [1.807, 2.05) is 0 Å². The molecular formula is C19H19F3N2O4. The van der Waals surface area contributed by atoms with Crippen LogP contribution in [0.2, 0.25) is 0 Å². The van der Waals surface area contributed by atoms with Crippen LogP contribution in [0, 0.1) is 6.92 Å². The maximum Gasteiger partial charge on any atom is 0.440 e. The Labute approximate surface area is 159 Å². The molecule has 0 saturated carbocycles. The number of alkyl halides is 3. The summed E-state index contributed by atoms with van der Waals surface area (Å²) in [5.41, 5.74) is 3.10. The fraction of sp³-hybridized carbons (Fsp3) is 0.263. The summed E-state index contributed by atoms with van der Waals surface area (Å²) < 4.78 is 43.4. The van der Waals surface area contributed by atoms with E-state index in [2.05, 4.69) is 15.4 Å². The van der Waals surface area contributed by atoms with Gasteiger partial charge in [-0.2, -0.15) is 18.7 Å². The van der Waals surface area contributed by atoms with Crippen LogP contribution in [-0.4, -0.2) is 18.9 Å². The average Bonchev–Trinajstić information content (AvgIpc) is 2.66. The van der Waals surface area contributed by atoms with E-state index in [4.69, 9.17) is 9.68 Å². The third kappa shape index (κ3) is 5.63. The molecule has 0 bridgehead atoms. The summed E-state index contributed by atoms with van der Waals surface area (Å²) >= 11 is 0. The lowest BCUT2D eigenvalue weighted by atomic mass is 10.1. The van der Waals surface area contributed by atoms with Gasteiger partial charge in [0.05, 0.1) is 18.4 Å². The van der Waals surface area contributed by atoms with Crippen molar-refractivity contribution in [3.8, 4) is 5.75 Å². The first-order chi connectivity index (χ1) is 13.2. The maximum atomic E-state index is 13.0. The third-order valence-corrected chi connectivity index (χ3v) is 3.78. The van der Waals surface area contributed by atoms with Gasteiger partial charge in [-0.25, -0.2) is 4.79 Å². The first-order valence-corrected chi connectivity index (χ1v) is 8.16. The zero-order valence-corrected chi connectivity index (χ0v) is 15.5. The highest BCUT2D eigenvalue weighted by Crippen LogP contribution is 2.32. The molecule has 0 aromatic heterocycles. The number of benzene rings is 2. The van der Waals surface area contributed by atoms with Crippen LogP contribution in [0.1, 0.15) is 29.2 Å². The molecule has 0 unspecified atom stereocenters. The van der Waals surface area contributed by atoms with Crippen LogP contribution in [-0.2, 0) is 22.4 Å². The Kier molecular flexibility index (Phi) is 6.86. The van der Waals surface area contributed by atoms with Crippen LogP contribution < -0.4 is 10.3 Å². The Bertz CT molecular complexity index is 866. The van der Waals surface area contributed by atoms with Gasteiger partial charge >= 0.3 is 12.3 Å². The summed E-state index contributed by atoms with van der Waals surface area (Å²) in [6.07, 6.45) is -5.23. The molecule has 2 aromatic carbocycles. The van der Waals surface area contributed by atoms with Gasteiger partial charge < -0.3 is 14.4 Å². The molecule has 0 fully saturated rings. The molecule has 0 saturated heterocycles. The quantitative estimate of drug-likeness (QED) is 0.572. The van der Waals surface area contributed by atoms with E-state index in [1.54, 1.807) is 32.0 Å². The van der Waals surface area contributed by atoms with Gasteiger partial charge in [0.15, 0.2) is 5.75 Å². The summed E-state index contributed by atoms with van der Waals surface area (Å²) in [4.78, 5) is 21.4. The van der Waals surface area contributed by atoms with Gasteiger partial charge in [0, 0.05) is 11.1 Å². The number of hydrogen-bond acceptors (Lipinski definition) is 5. The number of methoxy groups -OCH3 is 1. The molecule has 0 aliphatic carbocycles. The number of halogens is 3. The number of hydroxylamine groups is 1. The van der Waals surface area contributed by atoms with E-state index in [0.717, 1.165) is 11.6 Å². The van der Waals surface area contributed by atoms with E-state index in [1.165, 1.54) is 25.3 Å². The van der Waals surface area contributed by atoms with Crippen molar-refractivity contribution in [1.82, 2.24) is 5.48 Å². The molecule has 0 atom stereocenters. The number of ether oxygens (including phenoxy) is 1. The second-order valence-electron chi connectivity index (χ2n) is 5.78. The topological polar surface area (TPSA) is 69.2 Å². The number of carbonyl (C=O) groups excluding carboxylic acids is 1. The second-order valence-corrected chi connectivity index (χ2v) is 5.78. The molecule has 28 heavy (non-hydrogen) atoms. The molecule has 2 aromatic rings. The maximum absolute atomic E-state index is 13.0. The molecule has 0 heterocycles. The lowest BCUT2D eigenvalue weighted by Crippen LogP contribution is -2.27. The fourth-order valence-corrected chi connectivity index (χ4v) is 2.25. The number of hydrogen-bond donors (Lipinski definition) is 1. The molecule has 0 aliphatic rings. The summed E-state index contributed by atoms with van der Waals surface area (Å²) in [5, 5.41) is 3.88. The molecule has 150 valence electrons. The van der Waals surface area contributed by atoms with Crippen molar-refractivity contribution in [3.05, 3.63) is 64.7 Å². The van der Waals surface area contributed by atoms with Gasteiger partial charge in [-0.1, -0.05) is 35.5 Å². The summed E-state index contributed by atoms with van der Waals surface area (Å²) in [6.45, 7) is 3.08. The third-order valence-electron chi connectivity index (χ3n) is 3.78. The number of oxime groups is 1. The highest BCUT2D eigenvalue weighted by molar-refractivity contribution is 5.98. The van der Waals surface area contributed by atoms with E-state index < -0.39 is 17.8 Å². The highest BCUT2D eigenvalue weighted by Gasteiger charge is 2.33. The minimum atomic E-state index is -4.46. The van der Waals surface area contributed by atoms with Crippen molar-refractivity contribution in [1.29, 1.82) is 0 Å². The monoisotopic (exact) mass is 396 g/mol. The number of amides is 1. The smallest absolute Gasteiger partial charge is 0.440 e. The molecular weight excluding hydrogens is 377 g/mol. The molecule has 6 nitrogen and oxygen atoms in total. The van der Waals surface area contributed by atoms with Crippen LogP contribution in [0.5, 0.6) is 5.75 Å². The Morgan fingerprint density at radius 3 is 2.57 bits per heavy atom. The Morgan fingerprint density at radius 2 is 1.89 bits per heavy atom. The van der Waals surface area contributed by atoms with Crippen molar-refractivity contribution in [2.45, 2.75) is 26.6 Å². The number of nitrogens with zero attached hydrogens (tertiary/aromatic N) is 1. The van der Waals surface area contributed by atoms with Crippen molar-refractivity contribution < 1.29 is 32.4 Å². The average molecular weight is 396 g/mol. The van der Waals surface area contributed by atoms with Crippen molar-refractivity contribution in [3.63, 3.8) is 0 Å². The van der Waals surface area contributed by atoms with Gasteiger partial charge in [0.1, 0.15) is 6.61 Å². The van der Waals surface area contributed by atoms with Crippen molar-refractivity contribution in [2.75, 3.05) is 7.11 Å². The van der Waals surface area contributed by atoms with Gasteiger partial charge in [0.25, 0.3) is 0 Å². The normalized spacial score (nSPS) is 11.7. The molecule has 1 amide bonds. The first-order valence-electron chi connectivity index (χ1n) is 8.16. The highest BCUT2D eigenvalue weighted by atomic mass is 19.4. The summed E-state index contributed by atoms with van der Waals surface area (Å²) in [5.74, 6) is 0.361. The standard InChI is InChI=1S/C19H19F3N2O4/c1-12-8-9-14(10-17(12)28-24-18(25)26-3)13(2)23-27-11-15-6-4-5-7-16(15)19(20,21)22/h4-10H,11H2,1-3H3,(H,24,25). The minimum absolute atomic E-state index is 0.0123. The molecule has 0 spiro atoms. The lowest BCUT2D eigenvalue weighted by Gasteiger charge is -2.12. The Morgan fingerprint density at radius 1 is 1.18 bits per heavy atom. The van der Waals surface area contributed by atoms with Crippen LogP contribution >= 0.6 is 0 Å². The second kappa shape index (κ2) is 9.12.